The van der Waals surface area contributed by atoms with Gasteiger partial charge in [0.1, 0.15) is 17.7 Å². The van der Waals surface area contributed by atoms with E-state index in [-0.39, 0.29) is 30.0 Å². The number of anilines is 1. The van der Waals surface area contributed by atoms with Gasteiger partial charge in [0, 0.05) is 24.4 Å². The molecule has 5 aliphatic carbocycles. The molecule has 5 nitrogen and oxygen atoms in total. The van der Waals surface area contributed by atoms with E-state index in [2.05, 4.69) is 4.90 Å². The Kier molecular flexibility index (Phi) is 6.69. The largest absolute Gasteiger partial charge is 0.457 e. The Bertz CT molecular complexity index is 1130. The third kappa shape index (κ3) is 4.87. The van der Waals surface area contributed by atoms with Gasteiger partial charge in [-0.05, 0) is 106 Å². The second-order valence-corrected chi connectivity index (χ2v) is 12.8. The van der Waals surface area contributed by atoms with Gasteiger partial charge >= 0.3 is 0 Å². The monoisotopic (exact) mass is 537 g/mol. The van der Waals surface area contributed by atoms with Crippen LogP contribution >= 0.6 is 24.2 Å². The summed E-state index contributed by atoms with van der Waals surface area (Å²) in [5.74, 6) is 5.22. The highest BCUT2D eigenvalue weighted by atomic mass is 35.5. The van der Waals surface area contributed by atoms with E-state index in [4.69, 9.17) is 9.73 Å². The predicted octanol–water partition coefficient (Wildman–Crippen LogP) is 7.12. The van der Waals surface area contributed by atoms with Crippen LogP contribution in [0.4, 0.5) is 5.69 Å². The number of hydrogen-bond donors (Lipinski definition) is 0. The van der Waals surface area contributed by atoms with Gasteiger partial charge in [0.25, 0.3) is 0 Å². The number of benzene rings is 2. The zero-order valence-corrected chi connectivity index (χ0v) is 23.1. The van der Waals surface area contributed by atoms with Gasteiger partial charge in [-0.1, -0.05) is 30.0 Å². The number of carbonyl (C=O) groups excluding carboxylic acids is 1. The molecule has 1 saturated heterocycles. The van der Waals surface area contributed by atoms with E-state index in [1.165, 1.54) is 56.5 Å². The molecule has 6 fully saturated rings. The average Bonchev–Trinajstić information content (AvgIpc) is 3.61. The highest BCUT2D eigenvalue weighted by Gasteiger charge is 2.53. The minimum atomic E-state index is 0. The lowest BCUT2D eigenvalue weighted by molar-refractivity contribution is -0.117. The molecule has 1 heterocycles. The molecule has 4 bridgehead atoms. The Labute approximate surface area is 230 Å². The highest BCUT2D eigenvalue weighted by Crippen LogP contribution is 2.58. The van der Waals surface area contributed by atoms with Crippen LogP contribution in [0.3, 0.4) is 0 Å². The molecule has 6 aliphatic rings. The molecule has 0 radical (unpaired) electrons. The van der Waals surface area contributed by atoms with Gasteiger partial charge in [-0.25, -0.2) is 0 Å². The maximum Gasteiger partial charge on any atom is 0.225 e. The van der Waals surface area contributed by atoms with Gasteiger partial charge in [-0.15, -0.1) is 12.4 Å². The molecule has 1 aliphatic heterocycles. The summed E-state index contributed by atoms with van der Waals surface area (Å²) in [5.41, 5.74) is 1.09. The van der Waals surface area contributed by atoms with E-state index >= 15 is 0 Å². The zero-order chi connectivity index (χ0) is 24.3. The van der Waals surface area contributed by atoms with Crippen molar-refractivity contribution in [1.29, 1.82) is 0 Å². The van der Waals surface area contributed by atoms with Gasteiger partial charge in [0.2, 0.25) is 5.91 Å². The maximum absolute atomic E-state index is 13.0. The Hall–Kier alpha value is -2.18. The molecule has 8 rings (SSSR count). The van der Waals surface area contributed by atoms with Crippen LogP contribution in [0, 0.1) is 17.8 Å². The first-order chi connectivity index (χ1) is 17.6. The molecular weight excluding hydrogens is 502 g/mol. The van der Waals surface area contributed by atoms with Crippen molar-refractivity contribution in [3.63, 3.8) is 0 Å². The van der Waals surface area contributed by atoms with E-state index in [1.54, 1.807) is 6.92 Å². The minimum absolute atomic E-state index is 0. The summed E-state index contributed by atoms with van der Waals surface area (Å²) in [4.78, 5) is 23.1. The predicted molar refractivity (Wildman–Crippen MR) is 153 cm³/mol. The van der Waals surface area contributed by atoms with Crippen molar-refractivity contribution < 1.29 is 9.53 Å². The molecule has 5 saturated carbocycles. The molecular formula is C30H36ClN3O2S. The van der Waals surface area contributed by atoms with E-state index < -0.39 is 0 Å². The summed E-state index contributed by atoms with van der Waals surface area (Å²) in [7, 11) is 0. The fraction of sp³-hybridized carbons (Fsp3) is 0.533. The number of nitrogens with zero attached hydrogens (tertiary/aromatic N) is 3. The third-order valence-corrected chi connectivity index (χ3v) is 9.94. The molecule has 2 aromatic carbocycles. The molecule has 0 spiro atoms. The first-order valence-electron chi connectivity index (χ1n) is 13.7. The number of carbonyl (C=O) groups is 1. The molecule has 0 aromatic heterocycles. The lowest BCUT2D eigenvalue weighted by Crippen LogP contribution is -2.53. The second kappa shape index (κ2) is 9.85. The van der Waals surface area contributed by atoms with E-state index in [0.717, 1.165) is 40.7 Å². The first-order valence-corrected chi connectivity index (χ1v) is 14.7. The van der Waals surface area contributed by atoms with Crippen LogP contribution < -0.4 is 9.64 Å². The zero-order valence-electron chi connectivity index (χ0n) is 21.4. The van der Waals surface area contributed by atoms with Crippen molar-refractivity contribution in [2.24, 2.45) is 22.7 Å². The van der Waals surface area contributed by atoms with Crippen molar-refractivity contribution in [3.05, 3.63) is 54.6 Å². The number of para-hydroxylation sites is 1. The molecule has 196 valence electrons. The Morgan fingerprint density at radius 2 is 1.54 bits per heavy atom. The molecule has 37 heavy (non-hydrogen) atoms. The van der Waals surface area contributed by atoms with Gasteiger partial charge in [-0.2, -0.15) is 0 Å². The molecule has 1 unspecified atom stereocenters. The highest BCUT2D eigenvalue weighted by molar-refractivity contribution is 8.14. The Morgan fingerprint density at radius 3 is 2.11 bits per heavy atom. The standard InChI is InChI=1S/C30H35N3O2S.ClH/c1-20(34)32(24-9-11-27(12-10-24)35-26-5-3-2-4-6-26)28-19-36-29(33(28)25-7-8-25)31-30-16-21-13-22(17-30)15-23(14-21)18-30;/h2-6,9-12,21-23,25,28H,7-8,13-19H2,1H3;1H. The third-order valence-electron chi connectivity index (χ3n) is 8.91. The topological polar surface area (TPSA) is 45.1 Å². The number of hydrogen-bond acceptors (Lipinski definition) is 4. The van der Waals surface area contributed by atoms with Crippen LogP contribution in [0.25, 0.3) is 0 Å². The van der Waals surface area contributed by atoms with E-state index in [9.17, 15) is 4.79 Å². The average molecular weight is 538 g/mol. The van der Waals surface area contributed by atoms with E-state index in [1.807, 2.05) is 71.3 Å². The summed E-state index contributed by atoms with van der Waals surface area (Å²) in [6, 6.07) is 18.3. The fourth-order valence-corrected chi connectivity index (χ4v) is 9.03. The number of amidine groups is 1. The molecule has 1 amide bonds. The second-order valence-electron chi connectivity index (χ2n) is 11.8. The van der Waals surface area contributed by atoms with E-state index in [0.29, 0.717) is 6.04 Å². The molecule has 2 aromatic rings. The van der Waals surface area contributed by atoms with Gasteiger partial charge < -0.3 is 9.64 Å². The van der Waals surface area contributed by atoms with Gasteiger partial charge in [-0.3, -0.25) is 14.7 Å². The van der Waals surface area contributed by atoms with Crippen molar-refractivity contribution in [2.45, 2.75) is 76.0 Å². The van der Waals surface area contributed by atoms with Crippen LogP contribution in [0.15, 0.2) is 59.6 Å². The number of ether oxygens (including phenoxy) is 1. The summed E-state index contributed by atoms with van der Waals surface area (Å²) < 4.78 is 5.98. The number of aliphatic imine (C=N–C) groups is 1. The molecule has 0 N–H and O–H groups in total. The molecule has 1 atom stereocenters. The van der Waals surface area contributed by atoms with Crippen LogP contribution in [-0.2, 0) is 4.79 Å². The maximum atomic E-state index is 13.0. The molecule has 7 heteroatoms. The quantitative estimate of drug-likeness (QED) is 0.393. The number of rotatable bonds is 6. The smallest absolute Gasteiger partial charge is 0.225 e. The SMILES string of the molecule is CC(=O)N(c1ccc(Oc2ccccc2)cc1)C1CSC(=NC23CC4CC(CC(C4)C2)C3)N1C1CC1.Cl. The van der Waals surface area contributed by atoms with Crippen molar-refractivity contribution in [3.8, 4) is 11.5 Å². The van der Waals surface area contributed by atoms with Crippen LogP contribution in [-0.4, -0.2) is 39.5 Å². The van der Waals surface area contributed by atoms with Gasteiger partial charge in [0.15, 0.2) is 5.17 Å². The van der Waals surface area contributed by atoms with Crippen molar-refractivity contribution in [1.82, 2.24) is 4.90 Å². The van der Waals surface area contributed by atoms with Crippen molar-refractivity contribution >= 4 is 40.9 Å². The minimum Gasteiger partial charge on any atom is -0.457 e. The number of halogens is 1. The summed E-state index contributed by atoms with van der Waals surface area (Å²) in [5, 5.41) is 1.21. The summed E-state index contributed by atoms with van der Waals surface area (Å²) >= 11 is 1.88. The number of amides is 1. The first kappa shape index (κ1) is 25.1. The Morgan fingerprint density at radius 1 is 0.946 bits per heavy atom. The van der Waals surface area contributed by atoms with Crippen molar-refractivity contribution in [2.75, 3.05) is 10.7 Å². The fourth-order valence-electron chi connectivity index (χ4n) is 7.74. The lowest BCUT2D eigenvalue weighted by Gasteiger charge is -2.55. The van der Waals surface area contributed by atoms with Crippen LogP contribution in [0.2, 0.25) is 0 Å². The normalized spacial score (nSPS) is 32.9. The summed E-state index contributed by atoms with van der Waals surface area (Å²) in [6.45, 7) is 1.69. The number of thioether (sulfide) groups is 1. The van der Waals surface area contributed by atoms with Crippen LogP contribution in [0.1, 0.15) is 58.3 Å². The van der Waals surface area contributed by atoms with Gasteiger partial charge in [0.05, 0.1) is 5.54 Å². The Balaban J connectivity index is 0.00000252. The lowest BCUT2D eigenvalue weighted by atomic mass is 9.53. The summed E-state index contributed by atoms with van der Waals surface area (Å²) in [6.07, 6.45) is 10.6. The van der Waals surface area contributed by atoms with Crippen LogP contribution in [0.5, 0.6) is 11.5 Å².